The van der Waals surface area contributed by atoms with E-state index in [1.807, 2.05) is 0 Å². The van der Waals surface area contributed by atoms with Crippen molar-refractivity contribution < 1.29 is 18.7 Å². The molecule has 0 aliphatic heterocycles. The van der Waals surface area contributed by atoms with Crippen molar-refractivity contribution in [1.82, 2.24) is 0 Å². The maximum absolute atomic E-state index is 12.8. The molecule has 0 aliphatic rings. The Morgan fingerprint density at radius 3 is 1.89 bits per heavy atom. The van der Waals surface area contributed by atoms with Crippen LogP contribution in [-0.2, 0) is 4.57 Å². The van der Waals surface area contributed by atoms with Gasteiger partial charge in [0.25, 0.3) is 0 Å². The third kappa shape index (κ3) is 2.85. The van der Waals surface area contributed by atoms with Gasteiger partial charge in [-0.2, -0.15) is 0 Å². The molecule has 0 heterocycles. The summed E-state index contributed by atoms with van der Waals surface area (Å²) in [6.45, 7) is 0. The highest BCUT2D eigenvalue weighted by atomic mass is 31.2. The fourth-order valence-electron chi connectivity index (χ4n) is 1.84. The van der Waals surface area contributed by atoms with Gasteiger partial charge in [0, 0.05) is 5.66 Å². The van der Waals surface area contributed by atoms with Crippen LogP contribution in [0.25, 0.3) is 0 Å². The Morgan fingerprint density at radius 1 is 0.889 bits per heavy atom. The highest BCUT2D eigenvalue weighted by Gasteiger charge is 2.17. The largest absolute Gasteiger partial charge is 0.810 e. The van der Waals surface area contributed by atoms with Gasteiger partial charge in [-0.1, -0.05) is 50.1 Å². The van der Waals surface area contributed by atoms with Gasteiger partial charge in [0.2, 0.25) is 0 Å². The second-order valence-electron chi connectivity index (χ2n) is 3.90. The standard InChI is InChI=1S/C13H12FO3P/c14-12-8-6-11(7-9-12)13(18(15,16)17)10-4-2-1-3-5-10/h1-9,13H,(H2,15,16,17)/p-2. The fourth-order valence-corrected chi connectivity index (χ4v) is 2.91. The number of rotatable bonds is 3. The molecule has 0 saturated heterocycles. The molecule has 1 atom stereocenters. The summed E-state index contributed by atoms with van der Waals surface area (Å²) in [5.74, 6) is -0.475. The molecule has 2 aromatic carbocycles. The van der Waals surface area contributed by atoms with Crippen molar-refractivity contribution in [1.29, 1.82) is 0 Å². The van der Waals surface area contributed by atoms with Gasteiger partial charge >= 0.3 is 0 Å². The summed E-state index contributed by atoms with van der Waals surface area (Å²) < 4.78 is 24.2. The van der Waals surface area contributed by atoms with Crippen molar-refractivity contribution in [3.8, 4) is 0 Å². The van der Waals surface area contributed by atoms with Gasteiger partial charge in [-0.05, 0) is 23.3 Å². The van der Waals surface area contributed by atoms with Crippen LogP contribution < -0.4 is 9.79 Å². The predicted octanol–water partition coefficient (Wildman–Crippen LogP) is 1.83. The van der Waals surface area contributed by atoms with Crippen LogP contribution >= 0.6 is 7.60 Å². The van der Waals surface area contributed by atoms with E-state index in [-0.39, 0.29) is 5.56 Å². The van der Waals surface area contributed by atoms with Crippen LogP contribution in [0.2, 0.25) is 0 Å². The van der Waals surface area contributed by atoms with E-state index >= 15 is 0 Å². The molecule has 2 rings (SSSR count). The zero-order chi connectivity index (χ0) is 13.2. The zero-order valence-corrected chi connectivity index (χ0v) is 10.2. The van der Waals surface area contributed by atoms with Gasteiger partial charge in [0.1, 0.15) is 5.82 Å². The summed E-state index contributed by atoms with van der Waals surface area (Å²) in [5, 5.41) is 0. The van der Waals surface area contributed by atoms with Gasteiger partial charge in [-0.3, -0.25) is 0 Å². The van der Waals surface area contributed by atoms with E-state index in [2.05, 4.69) is 0 Å². The van der Waals surface area contributed by atoms with E-state index in [0.29, 0.717) is 5.56 Å². The van der Waals surface area contributed by atoms with E-state index in [1.165, 1.54) is 12.1 Å². The number of hydrogen-bond donors (Lipinski definition) is 0. The predicted molar refractivity (Wildman–Crippen MR) is 62.3 cm³/mol. The first-order valence-electron chi connectivity index (χ1n) is 5.30. The molecule has 18 heavy (non-hydrogen) atoms. The topological polar surface area (TPSA) is 63.2 Å². The molecule has 1 unspecified atom stereocenters. The van der Waals surface area contributed by atoms with Crippen LogP contribution in [0.1, 0.15) is 16.8 Å². The number of halogens is 1. The zero-order valence-electron chi connectivity index (χ0n) is 9.32. The van der Waals surface area contributed by atoms with Crippen molar-refractivity contribution in [2.45, 2.75) is 5.66 Å². The number of benzene rings is 2. The summed E-state index contributed by atoms with van der Waals surface area (Å²) in [6, 6.07) is 13.1. The van der Waals surface area contributed by atoms with Gasteiger partial charge in [-0.25, -0.2) is 4.39 Å². The van der Waals surface area contributed by atoms with Crippen LogP contribution in [0.3, 0.4) is 0 Å². The van der Waals surface area contributed by atoms with Crippen molar-refractivity contribution >= 4 is 7.60 Å². The summed E-state index contributed by atoms with van der Waals surface area (Å²) >= 11 is 0. The molecular weight excluding hydrogens is 254 g/mol. The minimum absolute atomic E-state index is 0.274. The Morgan fingerprint density at radius 2 is 1.39 bits per heavy atom. The average Bonchev–Trinajstić information content (AvgIpc) is 2.32. The maximum Gasteiger partial charge on any atom is 0.123 e. The highest BCUT2D eigenvalue weighted by molar-refractivity contribution is 7.49. The van der Waals surface area contributed by atoms with Crippen molar-refractivity contribution in [3.05, 3.63) is 71.5 Å². The minimum atomic E-state index is -4.86. The second kappa shape index (κ2) is 5.02. The minimum Gasteiger partial charge on any atom is -0.810 e. The van der Waals surface area contributed by atoms with Crippen LogP contribution in [-0.4, -0.2) is 0 Å². The van der Waals surface area contributed by atoms with Gasteiger partial charge in [0.05, 0.1) is 0 Å². The molecule has 0 N–H and O–H groups in total. The first-order chi connectivity index (χ1) is 8.48. The fraction of sp³-hybridized carbons (Fsp3) is 0.0769. The Balaban J connectivity index is 2.51. The molecule has 0 aromatic heterocycles. The van der Waals surface area contributed by atoms with Crippen molar-refractivity contribution in [2.24, 2.45) is 0 Å². The monoisotopic (exact) mass is 264 g/mol. The van der Waals surface area contributed by atoms with Crippen LogP contribution in [0.5, 0.6) is 0 Å². The molecule has 0 spiro atoms. The van der Waals surface area contributed by atoms with Crippen molar-refractivity contribution in [3.63, 3.8) is 0 Å². The highest BCUT2D eigenvalue weighted by Crippen LogP contribution is 2.48. The Bertz CT molecular complexity index is 563. The Kier molecular flexibility index (Phi) is 3.62. The van der Waals surface area contributed by atoms with Gasteiger partial charge < -0.3 is 14.4 Å². The molecule has 2 aromatic rings. The van der Waals surface area contributed by atoms with E-state index < -0.39 is 19.1 Å². The molecule has 94 valence electrons. The average molecular weight is 264 g/mol. The van der Waals surface area contributed by atoms with Crippen LogP contribution in [0.15, 0.2) is 54.6 Å². The maximum atomic E-state index is 12.8. The molecule has 0 bridgehead atoms. The lowest BCUT2D eigenvalue weighted by atomic mass is 10.0. The summed E-state index contributed by atoms with van der Waals surface area (Å²) in [4.78, 5) is 22.8. The summed E-state index contributed by atoms with van der Waals surface area (Å²) in [5.41, 5.74) is -0.618. The normalized spacial score (nSPS) is 13.3. The van der Waals surface area contributed by atoms with E-state index in [4.69, 9.17) is 0 Å². The van der Waals surface area contributed by atoms with Crippen LogP contribution in [0.4, 0.5) is 4.39 Å². The smallest absolute Gasteiger partial charge is 0.123 e. The van der Waals surface area contributed by atoms with Gasteiger partial charge in [0.15, 0.2) is 0 Å². The van der Waals surface area contributed by atoms with E-state index in [0.717, 1.165) is 12.1 Å². The lowest BCUT2D eigenvalue weighted by molar-refractivity contribution is -0.316. The van der Waals surface area contributed by atoms with E-state index in [9.17, 15) is 18.7 Å². The van der Waals surface area contributed by atoms with Crippen LogP contribution in [0, 0.1) is 5.82 Å². The SMILES string of the molecule is O=P([O-])([O-])C(c1ccccc1)c1ccc(F)cc1. The lowest BCUT2D eigenvalue weighted by Crippen LogP contribution is -2.21. The Hall–Kier alpha value is -1.48. The summed E-state index contributed by atoms with van der Waals surface area (Å²) in [6.07, 6.45) is 0. The first kappa shape index (κ1) is 13.0. The molecule has 0 radical (unpaired) electrons. The lowest BCUT2D eigenvalue weighted by Gasteiger charge is -2.39. The quantitative estimate of drug-likeness (QED) is 0.794. The van der Waals surface area contributed by atoms with Crippen molar-refractivity contribution in [2.75, 3.05) is 0 Å². The molecule has 0 aliphatic carbocycles. The Labute approximate surface area is 104 Å². The number of hydrogen-bond acceptors (Lipinski definition) is 3. The third-order valence-electron chi connectivity index (χ3n) is 2.62. The first-order valence-corrected chi connectivity index (χ1v) is 6.92. The third-order valence-corrected chi connectivity index (χ3v) is 3.85. The van der Waals surface area contributed by atoms with E-state index in [1.54, 1.807) is 30.3 Å². The molecule has 3 nitrogen and oxygen atoms in total. The molecule has 0 amide bonds. The molecular formula is C13H10FO3P-2. The summed E-state index contributed by atoms with van der Waals surface area (Å²) in [7, 11) is -4.86. The molecule has 0 saturated carbocycles. The van der Waals surface area contributed by atoms with Gasteiger partial charge in [-0.15, -0.1) is 0 Å². The molecule has 5 heteroatoms. The molecule has 0 fully saturated rings. The second-order valence-corrected chi connectivity index (χ2v) is 5.50.